The van der Waals surface area contributed by atoms with Crippen LogP contribution in [0.3, 0.4) is 0 Å². The van der Waals surface area contributed by atoms with Gasteiger partial charge in [-0.1, -0.05) is 0 Å². The summed E-state index contributed by atoms with van der Waals surface area (Å²) in [6, 6.07) is 4.84. The van der Waals surface area contributed by atoms with E-state index in [1.807, 2.05) is 16.9 Å². The SMILES string of the molecule is Cc1nn(-c2ccnc(CNC3CC3)c2)c(C)c1C. The van der Waals surface area contributed by atoms with Crippen LogP contribution in [0.1, 0.15) is 35.5 Å². The molecule has 2 aromatic heterocycles. The highest BCUT2D eigenvalue weighted by atomic mass is 15.3. The van der Waals surface area contributed by atoms with Crippen molar-refractivity contribution < 1.29 is 0 Å². The van der Waals surface area contributed by atoms with Crippen molar-refractivity contribution in [3.63, 3.8) is 0 Å². The zero-order valence-electron chi connectivity index (χ0n) is 11.8. The van der Waals surface area contributed by atoms with Crippen molar-refractivity contribution in [1.29, 1.82) is 0 Å². The number of aromatic nitrogens is 3. The van der Waals surface area contributed by atoms with E-state index in [2.05, 4.69) is 42.2 Å². The van der Waals surface area contributed by atoms with E-state index in [1.165, 1.54) is 24.1 Å². The summed E-state index contributed by atoms with van der Waals surface area (Å²) in [5.74, 6) is 0. The molecule has 4 nitrogen and oxygen atoms in total. The number of rotatable bonds is 4. The van der Waals surface area contributed by atoms with Gasteiger partial charge in [0.1, 0.15) is 0 Å². The van der Waals surface area contributed by atoms with E-state index in [9.17, 15) is 0 Å². The molecule has 0 amide bonds. The monoisotopic (exact) mass is 256 g/mol. The van der Waals surface area contributed by atoms with Crippen LogP contribution in [0.5, 0.6) is 0 Å². The number of aryl methyl sites for hydroxylation is 1. The zero-order valence-corrected chi connectivity index (χ0v) is 11.8. The van der Waals surface area contributed by atoms with E-state index in [4.69, 9.17) is 0 Å². The highest BCUT2D eigenvalue weighted by molar-refractivity contribution is 5.36. The molecule has 1 aliphatic rings. The third-order valence-corrected chi connectivity index (χ3v) is 3.85. The molecule has 3 rings (SSSR count). The molecule has 0 unspecified atom stereocenters. The van der Waals surface area contributed by atoms with Crippen LogP contribution in [0, 0.1) is 20.8 Å². The molecule has 4 heteroatoms. The summed E-state index contributed by atoms with van der Waals surface area (Å²) < 4.78 is 2.01. The molecule has 1 aliphatic carbocycles. The molecule has 0 aromatic carbocycles. The van der Waals surface area contributed by atoms with E-state index in [0.29, 0.717) is 6.04 Å². The standard InChI is InChI=1S/C15H20N4/c1-10-11(2)18-19(12(10)3)15-6-7-16-14(8-15)9-17-13-4-5-13/h6-8,13,17H,4-5,9H2,1-3H3. The molecule has 19 heavy (non-hydrogen) atoms. The second-order valence-electron chi connectivity index (χ2n) is 5.37. The Balaban J connectivity index is 1.86. The quantitative estimate of drug-likeness (QED) is 0.913. The summed E-state index contributed by atoms with van der Waals surface area (Å²) in [4.78, 5) is 4.42. The van der Waals surface area contributed by atoms with E-state index < -0.39 is 0 Å². The molecule has 0 radical (unpaired) electrons. The molecule has 1 N–H and O–H groups in total. The van der Waals surface area contributed by atoms with Gasteiger partial charge in [-0.05, 0) is 51.3 Å². The molecule has 0 aliphatic heterocycles. The number of pyridine rings is 1. The van der Waals surface area contributed by atoms with Crippen LogP contribution in [0.4, 0.5) is 0 Å². The fourth-order valence-corrected chi connectivity index (χ4v) is 2.20. The highest BCUT2D eigenvalue weighted by Crippen LogP contribution is 2.20. The molecule has 0 spiro atoms. The van der Waals surface area contributed by atoms with Crippen molar-refractivity contribution in [3.8, 4) is 5.69 Å². The zero-order chi connectivity index (χ0) is 13.4. The van der Waals surface area contributed by atoms with Crippen LogP contribution in [0.2, 0.25) is 0 Å². The maximum absolute atomic E-state index is 4.60. The van der Waals surface area contributed by atoms with E-state index in [1.54, 1.807) is 0 Å². The maximum Gasteiger partial charge on any atom is 0.0682 e. The fourth-order valence-electron chi connectivity index (χ4n) is 2.20. The first-order valence-electron chi connectivity index (χ1n) is 6.86. The van der Waals surface area contributed by atoms with Gasteiger partial charge in [0.15, 0.2) is 0 Å². The van der Waals surface area contributed by atoms with Crippen LogP contribution in [-0.4, -0.2) is 20.8 Å². The third kappa shape index (κ3) is 2.54. The van der Waals surface area contributed by atoms with E-state index in [-0.39, 0.29) is 0 Å². The molecule has 1 saturated carbocycles. The second kappa shape index (κ2) is 4.78. The fraction of sp³-hybridized carbons (Fsp3) is 0.467. The molecule has 100 valence electrons. The lowest BCUT2D eigenvalue weighted by Crippen LogP contribution is -2.16. The Morgan fingerprint density at radius 2 is 2.11 bits per heavy atom. The Morgan fingerprint density at radius 3 is 2.74 bits per heavy atom. The van der Waals surface area contributed by atoms with Crippen LogP contribution >= 0.6 is 0 Å². The Morgan fingerprint density at radius 1 is 1.32 bits per heavy atom. The lowest BCUT2D eigenvalue weighted by atomic mass is 10.2. The first kappa shape index (κ1) is 12.4. The summed E-state index contributed by atoms with van der Waals surface area (Å²) in [6.07, 6.45) is 4.47. The maximum atomic E-state index is 4.60. The minimum atomic E-state index is 0.710. The molecule has 2 aromatic rings. The molecule has 1 fully saturated rings. The van der Waals surface area contributed by atoms with Crippen molar-refractivity contribution in [1.82, 2.24) is 20.1 Å². The lowest BCUT2D eigenvalue weighted by molar-refractivity contribution is 0.673. The predicted octanol–water partition coefficient (Wildman–Crippen LogP) is 2.44. The van der Waals surface area contributed by atoms with Crippen molar-refractivity contribution >= 4 is 0 Å². The van der Waals surface area contributed by atoms with Gasteiger partial charge in [-0.2, -0.15) is 5.10 Å². The largest absolute Gasteiger partial charge is 0.308 e. The summed E-state index contributed by atoms with van der Waals surface area (Å²) >= 11 is 0. The van der Waals surface area contributed by atoms with Crippen molar-refractivity contribution in [2.75, 3.05) is 0 Å². The van der Waals surface area contributed by atoms with E-state index >= 15 is 0 Å². The van der Waals surface area contributed by atoms with Gasteiger partial charge in [-0.15, -0.1) is 0 Å². The first-order valence-corrected chi connectivity index (χ1v) is 6.86. The van der Waals surface area contributed by atoms with Gasteiger partial charge < -0.3 is 5.32 Å². The summed E-state index contributed by atoms with van der Waals surface area (Å²) in [7, 11) is 0. The molecular weight excluding hydrogens is 236 g/mol. The summed E-state index contributed by atoms with van der Waals surface area (Å²) in [5, 5.41) is 8.09. The minimum Gasteiger partial charge on any atom is -0.308 e. The van der Waals surface area contributed by atoms with Crippen LogP contribution in [0.25, 0.3) is 5.69 Å². The van der Waals surface area contributed by atoms with Gasteiger partial charge in [0.2, 0.25) is 0 Å². The van der Waals surface area contributed by atoms with Crippen molar-refractivity contribution in [3.05, 3.63) is 41.0 Å². The van der Waals surface area contributed by atoms with E-state index in [0.717, 1.165) is 23.6 Å². The van der Waals surface area contributed by atoms with Crippen LogP contribution < -0.4 is 5.32 Å². The van der Waals surface area contributed by atoms with Crippen molar-refractivity contribution in [2.24, 2.45) is 0 Å². The van der Waals surface area contributed by atoms with Gasteiger partial charge in [0.25, 0.3) is 0 Å². The second-order valence-corrected chi connectivity index (χ2v) is 5.37. The average Bonchev–Trinajstić information content (AvgIpc) is 3.21. The summed E-state index contributed by atoms with van der Waals surface area (Å²) in [6.45, 7) is 7.12. The predicted molar refractivity (Wildman–Crippen MR) is 75.4 cm³/mol. The van der Waals surface area contributed by atoms with Gasteiger partial charge in [0.05, 0.1) is 17.1 Å². The Kier molecular flexibility index (Phi) is 3.11. The van der Waals surface area contributed by atoms with Crippen LogP contribution in [-0.2, 0) is 6.54 Å². The van der Waals surface area contributed by atoms with Gasteiger partial charge in [-0.3, -0.25) is 4.98 Å². The minimum absolute atomic E-state index is 0.710. The average molecular weight is 256 g/mol. The number of nitrogens with zero attached hydrogens (tertiary/aromatic N) is 3. The Hall–Kier alpha value is -1.68. The molecule has 0 atom stereocenters. The normalized spacial score (nSPS) is 14.9. The molecule has 0 saturated heterocycles. The molecule has 0 bridgehead atoms. The van der Waals surface area contributed by atoms with Gasteiger partial charge in [0, 0.05) is 24.5 Å². The number of nitrogens with one attached hydrogen (secondary N) is 1. The first-order chi connectivity index (χ1) is 9.15. The summed E-state index contributed by atoms with van der Waals surface area (Å²) in [5.41, 5.74) is 5.72. The Labute approximate surface area is 113 Å². The van der Waals surface area contributed by atoms with Crippen LogP contribution in [0.15, 0.2) is 18.3 Å². The van der Waals surface area contributed by atoms with Gasteiger partial charge >= 0.3 is 0 Å². The number of hydrogen-bond donors (Lipinski definition) is 1. The topological polar surface area (TPSA) is 42.7 Å². The lowest BCUT2D eigenvalue weighted by Gasteiger charge is -2.07. The van der Waals surface area contributed by atoms with Crippen molar-refractivity contribution in [2.45, 2.75) is 46.2 Å². The highest BCUT2D eigenvalue weighted by Gasteiger charge is 2.20. The smallest absolute Gasteiger partial charge is 0.0682 e. The molecular formula is C15H20N4. The third-order valence-electron chi connectivity index (χ3n) is 3.85. The molecule has 2 heterocycles. The number of hydrogen-bond acceptors (Lipinski definition) is 3. The Bertz CT molecular complexity index is 596. The van der Waals surface area contributed by atoms with Gasteiger partial charge in [-0.25, -0.2) is 4.68 Å².